The van der Waals surface area contributed by atoms with Gasteiger partial charge in [0.1, 0.15) is 17.5 Å². The van der Waals surface area contributed by atoms with Crippen LogP contribution >= 0.6 is 0 Å². The molecule has 3 N–H and O–H groups in total. The molecule has 1 unspecified atom stereocenters. The number of amides is 2. The standard InChI is InChI=1S/C35H41N7O7/c1-6-30(43)48-34(22(3)4)49-35(46)40-32(36)23-11-14-25(15-12-23)38-21-29-39-26-20-24(13-16-27(26)41(29)5)33(45)42(19-17-31(44)47-7-2)28-10-8-9-18-37-28/h8-16,18,20,22,34,38H,6-7,17,19,21H2,1-5H3,(H2,36,40,46). The first-order valence-electron chi connectivity index (χ1n) is 15.9. The van der Waals surface area contributed by atoms with Gasteiger partial charge >= 0.3 is 18.0 Å². The van der Waals surface area contributed by atoms with Gasteiger partial charge in [-0.25, -0.2) is 14.8 Å². The molecule has 4 aromatic rings. The van der Waals surface area contributed by atoms with Crippen LogP contribution in [0.1, 0.15) is 62.3 Å². The van der Waals surface area contributed by atoms with Crippen molar-refractivity contribution < 1.29 is 33.4 Å². The Hall–Kier alpha value is -5.79. The third-order valence-electron chi connectivity index (χ3n) is 7.39. The number of pyridine rings is 1. The second kappa shape index (κ2) is 16.9. The van der Waals surface area contributed by atoms with Crippen molar-refractivity contribution in [2.75, 3.05) is 23.4 Å². The van der Waals surface area contributed by atoms with Gasteiger partial charge in [-0.05, 0) is 61.5 Å². The molecule has 4 rings (SSSR count). The van der Waals surface area contributed by atoms with E-state index < -0.39 is 24.3 Å². The highest BCUT2D eigenvalue weighted by atomic mass is 16.7. The fourth-order valence-corrected chi connectivity index (χ4v) is 4.72. The van der Waals surface area contributed by atoms with Gasteiger partial charge in [-0.2, -0.15) is 0 Å². The lowest BCUT2D eigenvalue weighted by molar-refractivity contribution is -0.174. The molecule has 2 aromatic carbocycles. The zero-order valence-corrected chi connectivity index (χ0v) is 28.2. The Morgan fingerprint density at radius 3 is 2.35 bits per heavy atom. The first kappa shape index (κ1) is 36.1. The Morgan fingerprint density at radius 2 is 1.69 bits per heavy atom. The molecule has 14 nitrogen and oxygen atoms in total. The number of hydrogen-bond acceptors (Lipinski definition) is 11. The molecule has 0 aliphatic carbocycles. The highest BCUT2D eigenvalue weighted by molar-refractivity contribution is 6.07. The zero-order chi connectivity index (χ0) is 35.5. The largest absolute Gasteiger partial charge is 0.466 e. The van der Waals surface area contributed by atoms with Gasteiger partial charge in [-0.1, -0.05) is 26.8 Å². The number of ether oxygens (including phenoxy) is 3. The number of fused-ring (bicyclic) bond motifs is 1. The monoisotopic (exact) mass is 671 g/mol. The molecule has 1 atom stereocenters. The van der Waals surface area contributed by atoms with Gasteiger partial charge in [-0.3, -0.25) is 30.0 Å². The fraction of sp³-hybridized carbons (Fsp3) is 0.343. The van der Waals surface area contributed by atoms with Gasteiger partial charge in [0, 0.05) is 48.9 Å². The number of imidazole rings is 1. The van der Waals surface area contributed by atoms with E-state index in [2.05, 4.69) is 15.6 Å². The molecule has 0 aliphatic rings. The number of benzene rings is 2. The molecule has 0 spiro atoms. The van der Waals surface area contributed by atoms with E-state index in [0.717, 1.165) is 11.2 Å². The lowest BCUT2D eigenvalue weighted by atomic mass is 10.1. The maximum atomic E-state index is 13.6. The highest BCUT2D eigenvalue weighted by Gasteiger charge is 2.24. The van der Waals surface area contributed by atoms with Crippen LogP contribution in [0.25, 0.3) is 11.0 Å². The maximum absolute atomic E-state index is 13.6. The average molecular weight is 672 g/mol. The van der Waals surface area contributed by atoms with Crippen LogP contribution in [0.15, 0.2) is 66.9 Å². The van der Waals surface area contributed by atoms with E-state index >= 15 is 0 Å². The van der Waals surface area contributed by atoms with Crippen molar-refractivity contribution in [3.63, 3.8) is 0 Å². The number of rotatable bonds is 14. The molecule has 258 valence electrons. The quantitative estimate of drug-likeness (QED) is 0.0701. The summed E-state index contributed by atoms with van der Waals surface area (Å²) in [5.74, 6) is -0.505. The van der Waals surface area contributed by atoms with Crippen molar-refractivity contribution in [1.82, 2.24) is 19.9 Å². The van der Waals surface area contributed by atoms with Gasteiger partial charge in [0.2, 0.25) is 0 Å². The van der Waals surface area contributed by atoms with Crippen LogP contribution in [-0.4, -0.2) is 63.8 Å². The second-order valence-corrected chi connectivity index (χ2v) is 11.3. The number of anilines is 2. The number of amidine groups is 1. The summed E-state index contributed by atoms with van der Waals surface area (Å²) < 4.78 is 17.3. The van der Waals surface area contributed by atoms with E-state index in [1.165, 1.54) is 4.90 Å². The normalized spacial score (nSPS) is 11.5. The lowest BCUT2D eigenvalue weighted by Crippen LogP contribution is -2.37. The Kier molecular flexibility index (Phi) is 12.4. The Balaban J connectivity index is 1.40. The van der Waals surface area contributed by atoms with Crippen molar-refractivity contribution in [2.24, 2.45) is 13.0 Å². The van der Waals surface area contributed by atoms with Gasteiger partial charge < -0.3 is 24.1 Å². The third-order valence-corrected chi connectivity index (χ3v) is 7.39. The SMILES string of the molecule is CCOC(=O)CCN(C(=O)c1ccc2c(c1)nc(CNc1ccc(C(=N)NC(=O)OC(OC(=O)CC)C(C)C)cc1)n2C)c1ccccn1. The lowest BCUT2D eigenvalue weighted by Gasteiger charge is -2.21. The van der Waals surface area contributed by atoms with Crippen LogP contribution in [0.2, 0.25) is 0 Å². The van der Waals surface area contributed by atoms with Crippen LogP contribution in [-0.2, 0) is 37.4 Å². The number of nitrogens with one attached hydrogen (secondary N) is 3. The summed E-state index contributed by atoms with van der Waals surface area (Å²) in [5.41, 5.74) is 3.05. The number of aryl methyl sites for hydroxylation is 1. The summed E-state index contributed by atoms with van der Waals surface area (Å²) in [4.78, 5) is 60.2. The first-order chi connectivity index (χ1) is 23.5. The zero-order valence-electron chi connectivity index (χ0n) is 28.2. The Bertz CT molecular complexity index is 1790. The third kappa shape index (κ3) is 9.62. The maximum Gasteiger partial charge on any atom is 0.415 e. The number of carbonyl (C=O) groups is 4. The van der Waals surface area contributed by atoms with Crippen molar-refractivity contribution in [1.29, 1.82) is 5.41 Å². The molecule has 0 aliphatic heterocycles. The van der Waals surface area contributed by atoms with Gasteiger partial charge in [0.05, 0.1) is 30.6 Å². The summed E-state index contributed by atoms with van der Waals surface area (Å²) in [6, 6.07) is 17.4. The number of aromatic nitrogens is 3. The molecular weight excluding hydrogens is 630 g/mol. The second-order valence-electron chi connectivity index (χ2n) is 11.3. The molecule has 0 radical (unpaired) electrons. The Morgan fingerprint density at radius 1 is 0.959 bits per heavy atom. The predicted octanol–water partition coefficient (Wildman–Crippen LogP) is 5.17. The van der Waals surface area contributed by atoms with Crippen molar-refractivity contribution in [3.05, 3.63) is 83.8 Å². The Labute approximate surface area is 284 Å². The van der Waals surface area contributed by atoms with Crippen LogP contribution in [0.3, 0.4) is 0 Å². The number of hydrogen-bond donors (Lipinski definition) is 3. The first-order valence-corrected chi connectivity index (χ1v) is 15.9. The molecule has 0 saturated carbocycles. The molecule has 2 aromatic heterocycles. The molecule has 2 heterocycles. The molecular formula is C35H41N7O7. The molecule has 0 fully saturated rings. The summed E-state index contributed by atoms with van der Waals surface area (Å²) in [5, 5.41) is 13.9. The number of nitrogens with zero attached hydrogens (tertiary/aromatic N) is 4. The van der Waals surface area contributed by atoms with E-state index in [9.17, 15) is 19.2 Å². The van der Waals surface area contributed by atoms with Crippen molar-refractivity contribution in [3.8, 4) is 0 Å². The topological polar surface area (TPSA) is 178 Å². The number of carbonyl (C=O) groups excluding carboxylic acids is 4. The van der Waals surface area contributed by atoms with Gasteiger partial charge in [0.15, 0.2) is 0 Å². The van der Waals surface area contributed by atoms with E-state index in [-0.39, 0.29) is 43.7 Å². The van der Waals surface area contributed by atoms with Crippen LogP contribution in [0.4, 0.5) is 16.3 Å². The minimum Gasteiger partial charge on any atom is -0.466 e. The van der Waals surface area contributed by atoms with Crippen molar-refractivity contribution >= 4 is 52.3 Å². The minimum absolute atomic E-state index is 0.0272. The summed E-state index contributed by atoms with van der Waals surface area (Å²) in [6.07, 6.45) is -0.201. The molecule has 0 saturated heterocycles. The van der Waals surface area contributed by atoms with E-state index in [1.807, 2.05) is 17.7 Å². The summed E-state index contributed by atoms with van der Waals surface area (Å²) in [6.45, 7) is 7.61. The van der Waals surface area contributed by atoms with Gasteiger partial charge in [-0.15, -0.1) is 0 Å². The van der Waals surface area contributed by atoms with Crippen LogP contribution in [0, 0.1) is 11.3 Å². The van der Waals surface area contributed by atoms with Gasteiger partial charge in [0.25, 0.3) is 12.2 Å². The van der Waals surface area contributed by atoms with Crippen LogP contribution in [0.5, 0.6) is 0 Å². The smallest absolute Gasteiger partial charge is 0.415 e. The molecule has 2 amide bonds. The highest BCUT2D eigenvalue weighted by Crippen LogP contribution is 2.21. The molecule has 0 bridgehead atoms. The molecule has 14 heteroatoms. The van der Waals surface area contributed by atoms with E-state index in [0.29, 0.717) is 34.8 Å². The average Bonchev–Trinajstić information content (AvgIpc) is 3.41. The van der Waals surface area contributed by atoms with E-state index in [4.69, 9.17) is 24.6 Å². The molecule has 49 heavy (non-hydrogen) atoms. The minimum atomic E-state index is -1.06. The number of alkyl carbamates (subject to hydrolysis) is 1. The fourth-order valence-electron chi connectivity index (χ4n) is 4.72. The van der Waals surface area contributed by atoms with Crippen LogP contribution < -0.4 is 15.5 Å². The summed E-state index contributed by atoms with van der Waals surface area (Å²) >= 11 is 0. The van der Waals surface area contributed by atoms with E-state index in [1.54, 1.807) is 88.5 Å². The number of esters is 2. The predicted molar refractivity (Wildman–Crippen MR) is 183 cm³/mol. The summed E-state index contributed by atoms with van der Waals surface area (Å²) in [7, 11) is 1.88. The van der Waals surface area contributed by atoms with Crippen molar-refractivity contribution in [2.45, 2.75) is 53.4 Å².